The van der Waals surface area contributed by atoms with Gasteiger partial charge in [0.2, 0.25) is 6.43 Å². The first-order chi connectivity index (χ1) is 9.47. The van der Waals surface area contributed by atoms with Crippen molar-refractivity contribution in [2.75, 3.05) is 13.1 Å². The summed E-state index contributed by atoms with van der Waals surface area (Å²) in [4.78, 5) is 16.7. The average molecular weight is 345 g/mol. The average Bonchev–Trinajstić information content (AvgIpc) is 2.74. The van der Waals surface area contributed by atoms with Gasteiger partial charge in [-0.25, -0.2) is 13.6 Å². The minimum atomic E-state index is -2.54. The molecule has 20 heavy (non-hydrogen) atoms. The predicted molar refractivity (Wildman–Crippen MR) is 73.3 cm³/mol. The first-order valence-corrected chi connectivity index (χ1v) is 6.93. The third-order valence-corrected chi connectivity index (χ3v) is 4.15. The van der Waals surface area contributed by atoms with E-state index in [1.807, 2.05) is 0 Å². The fourth-order valence-corrected chi connectivity index (χ4v) is 3.26. The second-order valence-electron chi connectivity index (χ2n) is 4.85. The van der Waals surface area contributed by atoms with Gasteiger partial charge in [0.1, 0.15) is 0 Å². The van der Waals surface area contributed by atoms with Gasteiger partial charge in [-0.1, -0.05) is 22.0 Å². The van der Waals surface area contributed by atoms with Crippen LogP contribution in [-0.4, -0.2) is 41.3 Å². The van der Waals surface area contributed by atoms with E-state index in [1.165, 1.54) is 11.0 Å². The molecule has 1 saturated heterocycles. The van der Waals surface area contributed by atoms with Crippen molar-refractivity contribution >= 4 is 27.7 Å². The minimum absolute atomic E-state index is 0.134. The number of halogens is 3. The maximum Gasteiger partial charge on any atom is 0.407 e. The molecule has 0 bridgehead atoms. The molecule has 1 aliphatic carbocycles. The maximum absolute atomic E-state index is 13.2. The van der Waals surface area contributed by atoms with Gasteiger partial charge in [-0.3, -0.25) is 4.99 Å². The van der Waals surface area contributed by atoms with E-state index < -0.39 is 18.4 Å². The third-order valence-electron chi connectivity index (χ3n) is 3.66. The van der Waals surface area contributed by atoms with Gasteiger partial charge in [0.25, 0.3) is 0 Å². The zero-order chi connectivity index (χ0) is 14.4. The number of carbonyl (C=O) groups is 1. The standard InChI is InChI=1S/C13H11BrF2N2O2/c14-6-3-7(12(15)16)11-8-5-18(13(19)20)2-1-9(8)17-10(11)4-6/h3-4,7,12H,1-2,5H2,(H,19,20). The number of piperidine rings is 1. The summed E-state index contributed by atoms with van der Waals surface area (Å²) in [5.41, 5.74) is 2.39. The van der Waals surface area contributed by atoms with E-state index in [0.717, 1.165) is 5.71 Å². The molecule has 1 N–H and O–H groups in total. The fraction of sp³-hybridized carbons (Fsp3) is 0.385. The zero-order valence-corrected chi connectivity index (χ0v) is 11.9. The van der Waals surface area contributed by atoms with Crippen LogP contribution in [0.4, 0.5) is 13.6 Å². The van der Waals surface area contributed by atoms with Crippen molar-refractivity contribution in [3.63, 3.8) is 0 Å². The van der Waals surface area contributed by atoms with E-state index >= 15 is 0 Å². The molecule has 2 aliphatic heterocycles. The first-order valence-electron chi connectivity index (χ1n) is 6.13. The Bertz CT molecular complexity index is 607. The van der Waals surface area contributed by atoms with E-state index in [0.29, 0.717) is 34.3 Å². The Balaban J connectivity index is 2.04. The van der Waals surface area contributed by atoms with Crippen LogP contribution in [0.5, 0.6) is 0 Å². The molecule has 0 radical (unpaired) electrons. The van der Waals surface area contributed by atoms with Gasteiger partial charge < -0.3 is 10.0 Å². The smallest absolute Gasteiger partial charge is 0.407 e. The van der Waals surface area contributed by atoms with Crippen LogP contribution in [-0.2, 0) is 0 Å². The highest BCUT2D eigenvalue weighted by Gasteiger charge is 2.38. The molecule has 7 heteroatoms. The number of likely N-dealkylation sites (tertiary alicyclic amines) is 1. The summed E-state index contributed by atoms with van der Waals surface area (Å²) in [6, 6.07) is 0. The van der Waals surface area contributed by atoms with Gasteiger partial charge in [0.15, 0.2) is 0 Å². The molecule has 1 fully saturated rings. The Hall–Kier alpha value is -1.50. The van der Waals surface area contributed by atoms with Crippen LogP contribution < -0.4 is 0 Å². The van der Waals surface area contributed by atoms with Crippen LogP contribution >= 0.6 is 15.9 Å². The Morgan fingerprint density at radius 2 is 2.30 bits per heavy atom. The van der Waals surface area contributed by atoms with E-state index in [4.69, 9.17) is 5.11 Å². The van der Waals surface area contributed by atoms with Crippen molar-refractivity contribution in [2.45, 2.75) is 12.8 Å². The Kier molecular flexibility index (Phi) is 3.24. The molecule has 0 aromatic carbocycles. The monoisotopic (exact) mass is 344 g/mol. The second kappa shape index (κ2) is 4.80. The lowest BCUT2D eigenvalue weighted by atomic mass is 9.87. The normalized spacial score (nSPS) is 25.1. The van der Waals surface area contributed by atoms with E-state index in [2.05, 4.69) is 20.9 Å². The van der Waals surface area contributed by atoms with Crippen molar-refractivity contribution in [1.29, 1.82) is 0 Å². The number of aliphatic imine (C=N–C) groups is 1. The summed E-state index contributed by atoms with van der Waals surface area (Å²) in [5.74, 6) is -1.03. The lowest BCUT2D eigenvalue weighted by Crippen LogP contribution is -2.39. The molecule has 3 rings (SSSR count). The van der Waals surface area contributed by atoms with E-state index in [1.54, 1.807) is 6.08 Å². The lowest BCUT2D eigenvalue weighted by Gasteiger charge is -2.28. The van der Waals surface area contributed by atoms with Crippen LogP contribution in [0.25, 0.3) is 0 Å². The van der Waals surface area contributed by atoms with Gasteiger partial charge in [-0.05, 0) is 17.2 Å². The molecule has 0 spiro atoms. The summed E-state index contributed by atoms with van der Waals surface area (Å²) in [7, 11) is 0. The third kappa shape index (κ3) is 2.09. The minimum Gasteiger partial charge on any atom is -0.465 e. The van der Waals surface area contributed by atoms with Gasteiger partial charge in [-0.15, -0.1) is 0 Å². The lowest BCUT2D eigenvalue weighted by molar-refractivity contribution is 0.115. The molecular formula is C13H11BrF2N2O2. The van der Waals surface area contributed by atoms with E-state index in [9.17, 15) is 13.6 Å². The maximum atomic E-state index is 13.2. The van der Waals surface area contributed by atoms with Crippen molar-refractivity contribution < 1.29 is 18.7 Å². The molecule has 2 heterocycles. The molecule has 4 nitrogen and oxygen atoms in total. The Morgan fingerprint density at radius 3 is 2.95 bits per heavy atom. The molecule has 106 valence electrons. The number of carboxylic acid groups (broad SMARTS) is 1. The Morgan fingerprint density at radius 1 is 1.55 bits per heavy atom. The molecule has 0 aromatic heterocycles. The SMILES string of the molecule is O=C(O)N1CCC2=NC3=CC(Br)=CC(C(F)F)C3=C2C1. The molecular weight excluding hydrogens is 334 g/mol. The zero-order valence-electron chi connectivity index (χ0n) is 10.3. The number of hydrogen-bond donors (Lipinski definition) is 1. The highest BCUT2D eigenvalue weighted by atomic mass is 79.9. The number of alkyl halides is 2. The number of allylic oxidation sites excluding steroid dienone is 4. The number of hydrogen-bond acceptors (Lipinski definition) is 2. The fourth-order valence-electron chi connectivity index (χ4n) is 2.75. The van der Waals surface area contributed by atoms with Gasteiger partial charge >= 0.3 is 6.09 Å². The van der Waals surface area contributed by atoms with Crippen LogP contribution in [0.3, 0.4) is 0 Å². The van der Waals surface area contributed by atoms with Crippen molar-refractivity contribution in [3.05, 3.63) is 33.5 Å². The number of amides is 1. The predicted octanol–water partition coefficient (Wildman–Crippen LogP) is 3.18. The molecule has 1 atom stereocenters. The highest BCUT2D eigenvalue weighted by Crippen LogP contribution is 2.42. The van der Waals surface area contributed by atoms with Crippen LogP contribution in [0, 0.1) is 5.92 Å². The summed E-state index contributed by atoms with van der Waals surface area (Å²) < 4.78 is 27.1. The molecule has 1 unspecified atom stereocenters. The molecule has 1 amide bonds. The van der Waals surface area contributed by atoms with Crippen LogP contribution in [0.1, 0.15) is 6.42 Å². The van der Waals surface area contributed by atoms with Crippen molar-refractivity contribution in [3.8, 4) is 0 Å². The summed E-state index contributed by atoms with van der Waals surface area (Å²) in [6.07, 6.45) is 0.0572. The number of fused-ring (bicyclic) bond motifs is 2. The molecule has 3 aliphatic rings. The summed E-state index contributed by atoms with van der Waals surface area (Å²) >= 11 is 3.22. The quantitative estimate of drug-likeness (QED) is 0.794. The van der Waals surface area contributed by atoms with Gasteiger partial charge in [-0.2, -0.15) is 0 Å². The Labute approximate surface area is 122 Å². The first kappa shape index (κ1) is 13.5. The van der Waals surface area contributed by atoms with Crippen LogP contribution in [0.2, 0.25) is 0 Å². The molecule has 0 saturated carbocycles. The van der Waals surface area contributed by atoms with Crippen LogP contribution in [0.15, 0.2) is 38.5 Å². The molecule has 0 aromatic rings. The highest BCUT2D eigenvalue weighted by molar-refractivity contribution is 9.11. The second-order valence-corrected chi connectivity index (χ2v) is 5.76. The summed E-state index contributed by atoms with van der Waals surface area (Å²) in [5, 5.41) is 9.05. The van der Waals surface area contributed by atoms with Gasteiger partial charge in [0.05, 0.1) is 18.2 Å². The van der Waals surface area contributed by atoms with Crippen molar-refractivity contribution in [1.82, 2.24) is 4.90 Å². The largest absolute Gasteiger partial charge is 0.465 e. The number of rotatable bonds is 1. The topological polar surface area (TPSA) is 52.9 Å². The summed E-state index contributed by atoms with van der Waals surface area (Å²) in [6.45, 7) is 0.488. The number of nitrogens with zero attached hydrogens (tertiary/aromatic N) is 2. The van der Waals surface area contributed by atoms with Crippen molar-refractivity contribution in [2.24, 2.45) is 10.9 Å². The van der Waals surface area contributed by atoms with Gasteiger partial charge in [0, 0.05) is 23.2 Å². The van der Waals surface area contributed by atoms with E-state index in [-0.39, 0.29) is 6.54 Å².